The fraction of sp³-hybridized carbons (Fsp3) is 0.250. The summed E-state index contributed by atoms with van der Waals surface area (Å²) in [4.78, 5) is 33.0. The summed E-state index contributed by atoms with van der Waals surface area (Å²) in [6, 6.07) is 12.8. The average Bonchev–Trinajstić information content (AvgIpc) is 3.09. The molecule has 0 bridgehead atoms. The number of nitrogens with zero attached hydrogens (tertiary/aromatic N) is 3. The van der Waals surface area contributed by atoms with Gasteiger partial charge < -0.3 is 14.7 Å². The summed E-state index contributed by atoms with van der Waals surface area (Å²) in [6.45, 7) is 2.76. The number of likely N-dealkylation sites (N-methyl/N-ethyl adjacent to an activating group) is 1. The number of aliphatic hydroxyl groups is 1. The SMILES string of the molecule is C#Cc1cccc(-c2nc(C(=O)OCC)cc3cccnc23)c1.CN1CCC(O)C1=O. The number of ether oxygens (including phenoxy) is 1. The third-order valence-corrected chi connectivity index (χ3v) is 4.77. The molecule has 0 radical (unpaired) electrons. The zero-order chi connectivity index (χ0) is 22.4. The van der Waals surface area contributed by atoms with E-state index in [0.29, 0.717) is 25.3 Å². The lowest BCUT2D eigenvalue weighted by Gasteiger charge is -2.09. The number of hydrogen-bond acceptors (Lipinski definition) is 6. The predicted molar refractivity (Wildman–Crippen MR) is 117 cm³/mol. The molecule has 0 spiro atoms. The average molecular weight is 417 g/mol. The monoisotopic (exact) mass is 417 g/mol. The molecular formula is C24H23N3O4. The molecule has 158 valence electrons. The van der Waals surface area contributed by atoms with E-state index in [0.717, 1.165) is 22.0 Å². The Kier molecular flexibility index (Phi) is 6.96. The molecule has 31 heavy (non-hydrogen) atoms. The van der Waals surface area contributed by atoms with Crippen molar-refractivity contribution in [1.29, 1.82) is 0 Å². The van der Waals surface area contributed by atoms with Crippen LogP contribution < -0.4 is 0 Å². The Morgan fingerprint density at radius 3 is 2.74 bits per heavy atom. The van der Waals surface area contributed by atoms with Crippen molar-refractivity contribution in [1.82, 2.24) is 14.9 Å². The van der Waals surface area contributed by atoms with E-state index in [1.807, 2.05) is 36.4 Å². The number of aliphatic hydroxyl groups excluding tert-OH is 1. The molecule has 1 aliphatic rings. The molecule has 1 amide bonds. The highest BCUT2D eigenvalue weighted by molar-refractivity contribution is 5.98. The third kappa shape index (κ3) is 5.05. The van der Waals surface area contributed by atoms with Gasteiger partial charge in [-0.1, -0.05) is 24.1 Å². The molecule has 3 aromatic rings. The molecule has 1 fully saturated rings. The number of carbonyl (C=O) groups is 2. The molecule has 1 atom stereocenters. The summed E-state index contributed by atoms with van der Waals surface area (Å²) in [5, 5.41) is 9.60. The van der Waals surface area contributed by atoms with Crippen molar-refractivity contribution in [3.05, 3.63) is 59.9 Å². The number of rotatable bonds is 3. The zero-order valence-electron chi connectivity index (χ0n) is 17.4. The second-order valence-corrected chi connectivity index (χ2v) is 6.94. The number of amides is 1. The van der Waals surface area contributed by atoms with Gasteiger partial charge in [0.1, 0.15) is 11.8 Å². The Bertz CT molecular complexity index is 1140. The van der Waals surface area contributed by atoms with Gasteiger partial charge in [0.05, 0.1) is 17.8 Å². The van der Waals surface area contributed by atoms with E-state index in [1.54, 1.807) is 26.2 Å². The van der Waals surface area contributed by atoms with Gasteiger partial charge in [-0.05, 0) is 37.6 Å². The zero-order valence-corrected chi connectivity index (χ0v) is 17.4. The van der Waals surface area contributed by atoms with Crippen molar-refractivity contribution in [3.63, 3.8) is 0 Å². The van der Waals surface area contributed by atoms with Crippen molar-refractivity contribution in [2.24, 2.45) is 0 Å². The largest absolute Gasteiger partial charge is 0.461 e. The quantitative estimate of drug-likeness (QED) is 0.520. The van der Waals surface area contributed by atoms with Gasteiger partial charge >= 0.3 is 5.97 Å². The highest BCUT2D eigenvalue weighted by Gasteiger charge is 2.26. The molecule has 1 aliphatic heterocycles. The number of hydrogen-bond donors (Lipinski definition) is 1. The number of esters is 1. The summed E-state index contributed by atoms with van der Waals surface area (Å²) in [5.41, 5.74) is 3.15. The van der Waals surface area contributed by atoms with Gasteiger partial charge in [-0.15, -0.1) is 6.42 Å². The molecule has 7 heteroatoms. The van der Waals surface area contributed by atoms with Crippen LogP contribution in [-0.4, -0.2) is 58.2 Å². The van der Waals surface area contributed by atoms with Crippen molar-refractivity contribution < 1.29 is 19.4 Å². The maximum absolute atomic E-state index is 12.1. The Morgan fingerprint density at radius 2 is 2.13 bits per heavy atom. The lowest BCUT2D eigenvalue weighted by Crippen LogP contribution is -2.24. The van der Waals surface area contributed by atoms with Crippen LogP contribution in [0.3, 0.4) is 0 Å². The molecule has 2 aromatic heterocycles. The van der Waals surface area contributed by atoms with E-state index < -0.39 is 12.1 Å². The number of fused-ring (bicyclic) bond motifs is 1. The van der Waals surface area contributed by atoms with Crippen molar-refractivity contribution in [2.45, 2.75) is 19.4 Å². The molecule has 1 N–H and O–H groups in total. The smallest absolute Gasteiger partial charge is 0.356 e. The van der Waals surface area contributed by atoms with Gasteiger partial charge in [0.15, 0.2) is 0 Å². The van der Waals surface area contributed by atoms with Gasteiger partial charge in [-0.3, -0.25) is 9.78 Å². The number of likely N-dealkylation sites (tertiary alicyclic amines) is 1. The van der Waals surface area contributed by atoms with Gasteiger partial charge in [0.2, 0.25) is 0 Å². The summed E-state index contributed by atoms with van der Waals surface area (Å²) >= 11 is 0. The number of aromatic nitrogens is 2. The Morgan fingerprint density at radius 1 is 1.32 bits per heavy atom. The van der Waals surface area contributed by atoms with Gasteiger partial charge in [-0.25, -0.2) is 9.78 Å². The first-order valence-corrected chi connectivity index (χ1v) is 9.87. The summed E-state index contributed by atoms with van der Waals surface area (Å²) in [6.07, 6.45) is 7.03. The van der Waals surface area contributed by atoms with E-state index in [1.165, 1.54) is 4.90 Å². The normalized spacial score (nSPS) is 15.2. The second-order valence-electron chi connectivity index (χ2n) is 6.94. The van der Waals surface area contributed by atoms with Crippen LogP contribution in [0.15, 0.2) is 48.7 Å². The van der Waals surface area contributed by atoms with Crippen LogP contribution in [0.2, 0.25) is 0 Å². The molecule has 1 unspecified atom stereocenters. The van der Waals surface area contributed by atoms with Crippen LogP contribution in [0, 0.1) is 12.3 Å². The molecular weight excluding hydrogens is 394 g/mol. The van der Waals surface area contributed by atoms with Crippen LogP contribution in [0.5, 0.6) is 0 Å². The lowest BCUT2D eigenvalue weighted by molar-refractivity contribution is -0.133. The fourth-order valence-corrected chi connectivity index (χ4v) is 3.16. The standard InChI is InChI=1S/C19H14N2O2.C5H9NO2/c1-3-13-7-5-8-14(11-13)18-17-15(9-6-10-20-17)12-16(21-18)19(22)23-4-2;1-6-3-2-4(7)5(6)8/h1,5-12H,4H2,2H3;4,7H,2-3H2,1H3. The molecule has 0 aliphatic carbocycles. The van der Waals surface area contributed by atoms with Crippen molar-refractivity contribution in [2.75, 3.05) is 20.2 Å². The Balaban J connectivity index is 0.000000287. The van der Waals surface area contributed by atoms with E-state index >= 15 is 0 Å². The summed E-state index contributed by atoms with van der Waals surface area (Å²) in [7, 11) is 1.69. The predicted octanol–water partition coefficient (Wildman–Crippen LogP) is 2.66. The van der Waals surface area contributed by atoms with E-state index in [-0.39, 0.29) is 11.6 Å². The first-order chi connectivity index (χ1) is 14.9. The number of benzene rings is 1. The minimum Gasteiger partial charge on any atom is -0.461 e. The van der Waals surface area contributed by atoms with Gasteiger partial charge in [-0.2, -0.15) is 0 Å². The van der Waals surface area contributed by atoms with Crippen molar-refractivity contribution >= 4 is 22.8 Å². The molecule has 1 aromatic carbocycles. The first-order valence-electron chi connectivity index (χ1n) is 9.87. The Hall–Kier alpha value is -3.76. The first kappa shape index (κ1) is 21.9. The molecule has 0 saturated carbocycles. The van der Waals surface area contributed by atoms with E-state index in [9.17, 15) is 9.59 Å². The highest BCUT2D eigenvalue weighted by atomic mass is 16.5. The highest BCUT2D eigenvalue weighted by Crippen LogP contribution is 2.27. The molecule has 7 nitrogen and oxygen atoms in total. The number of pyridine rings is 2. The van der Waals surface area contributed by atoms with Crippen LogP contribution >= 0.6 is 0 Å². The van der Waals surface area contributed by atoms with Crippen LogP contribution in [0.4, 0.5) is 0 Å². The van der Waals surface area contributed by atoms with Gasteiger partial charge in [0.25, 0.3) is 5.91 Å². The minimum atomic E-state index is -0.722. The lowest BCUT2D eigenvalue weighted by atomic mass is 10.0. The topological polar surface area (TPSA) is 92.6 Å². The van der Waals surface area contributed by atoms with Crippen molar-refractivity contribution in [3.8, 4) is 23.6 Å². The number of carbonyl (C=O) groups excluding carboxylic acids is 2. The fourth-order valence-electron chi connectivity index (χ4n) is 3.16. The Labute approximate surface area is 180 Å². The minimum absolute atomic E-state index is 0.148. The maximum atomic E-state index is 12.1. The van der Waals surface area contributed by atoms with Gasteiger partial charge in [0, 0.05) is 36.3 Å². The second kappa shape index (κ2) is 9.83. The molecule has 1 saturated heterocycles. The van der Waals surface area contributed by atoms with Crippen LogP contribution in [-0.2, 0) is 9.53 Å². The van der Waals surface area contributed by atoms with E-state index in [2.05, 4.69) is 15.9 Å². The van der Waals surface area contributed by atoms with Crippen LogP contribution in [0.25, 0.3) is 22.2 Å². The summed E-state index contributed by atoms with van der Waals surface area (Å²) in [5.74, 6) is 2.00. The number of terminal acetylenes is 1. The molecule has 4 rings (SSSR count). The third-order valence-electron chi connectivity index (χ3n) is 4.77. The van der Waals surface area contributed by atoms with Crippen LogP contribution in [0.1, 0.15) is 29.4 Å². The van der Waals surface area contributed by atoms with E-state index in [4.69, 9.17) is 16.3 Å². The summed E-state index contributed by atoms with van der Waals surface area (Å²) < 4.78 is 5.06. The molecule has 3 heterocycles. The maximum Gasteiger partial charge on any atom is 0.356 e.